The van der Waals surface area contributed by atoms with Crippen LogP contribution >= 0.6 is 11.3 Å². The van der Waals surface area contributed by atoms with Crippen molar-refractivity contribution in [3.63, 3.8) is 0 Å². The highest BCUT2D eigenvalue weighted by atomic mass is 32.1. The Labute approximate surface area is 149 Å². The Bertz CT molecular complexity index is 768. The number of rotatable bonds is 7. The zero-order valence-electron chi connectivity index (χ0n) is 13.5. The number of hydrogen-bond donors (Lipinski definition) is 2. The molecular weight excluding hydrogens is 340 g/mol. The van der Waals surface area contributed by atoms with Crippen molar-refractivity contribution in [1.82, 2.24) is 5.32 Å². The molecule has 3 rings (SSSR count). The van der Waals surface area contributed by atoms with Crippen LogP contribution in [0, 0.1) is 5.92 Å². The van der Waals surface area contributed by atoms with Gasteiger partial charge < -0.3 is 15.4 Å². The molecule has 2 N–H and O–H groups in total. The number of ether oxygens (including phenoxy) is 1. The highest BCUT2D eigenvalue weighted by Crippen LogP contribution is 2.31. The van der Waals surface area contributed by atoms with Crippen molar-refractivity contribution < 1.29 is 19.1 Å². The van der Waals surface area contributed by atoms with Crippen LogP contribution in [0.3, 0.4) is 0 Å². The fourth-order valence-electron chi connectivity index (χ4n) is 2.12. The summed E-state index contributed by atoms with van der Waals surface area (Å²) in [6.07, 6.45) is 1.85. The molecule has 1 aromatic carbocycles. The van der Waals surface area contributed by atoms with Gasteiger partial charge in [0, 0.05) is 5.92 Å². The largest absolute Gasteiger partial charge is 0.460 e. The van der Waals surface area contributed by atoms with Crippen LogP contribution in [-0.2, 0) is 20.9 Å². The van der Waals surface area contributed by atoms with Gasteiger partial charge in [-0.15, -0.1) is 11.3 Å². The summed E-state index contributed by atoms with van der Waals surface area (Å²) in [5.41, 5.74) is 0.886. The van der Waals surface area contributed by atoms with Crippen LogP contribution in [0.4, 0.5) is 5.00 Å². The fourth-order valence-corrected chi connectivity index (χ4v) is 2.95. The van der Waals surface area contributed by atoms with Crippen LogP contribution < -0.4 is 10.6 Å². The van der Waals surface area contributed by atoms with E-state index >= 15 is 0 Å². The van der Waals surface area contributed by atoms with Crippen molar-refractivity contribution in [3.05, 3.63) is 52.9 Å². The van der Waals surface area contributed by atoms with Gasteiger partial charge in [-0.05, 0) is 30.5 Å². The Morgan fingerprint density at radius 3 is 2.56 bits per heavy atom. The van der Waals surface area contributed by atoms with Crippen LogP contribution in [0.2, 0.25) is 0 Å². The minimum absolute atomic E-state index is 0.00158. The van der Waals surface area contributed by atoms with Gasteiger partial charge in [-0.25, -0.2) is 0 Å². The predicted molar refractivity (Wildman–Crippen MR) is 94.2 cm³/mol. The van der Waals surface area contributed by atoms with Gasteiger partial charge in [-0.2, -0.15) is 0 Å². The average molecular weight is 358 g/mol. The third-order valence-electron chi connectivity index (χ3n) is 3.66. The van der Waals surface area contributed by atoms with E-state index in [2.05, 4.69) is 10.6 Å². The molecule has 0 spiro atoms. The van der Waals surface area contributed by atoms with Gasteiger partial charge in [0.05, 0.1) is 9.88 Å². The Hall–Kier alpha value is -2.67. The molecule has 1 heterocycles. The second-order valence-electron chi connectivity index (χ2n) is 5.76. The molecule has 0 aliphatic heterocycles. The molecule has 0 atom stereocenters. The number of anilines is 1. The van der Waals surface area contributed by atoms with Gasteiger partial charge in [0.15, 0.2) is 0 Å². The SMILES string of the molecule is O=C(CNC(=O)c1ccc(NC(=O)C2CC2)s1)OCc1ccccc1. The van der Waals surface area contributed by atoms with Crippen molar-refractivity contribution in [2.45, 2.75) is 19.4 Å². The van der Waals surface area contributed by atoms with Gasteiger partial charge in [0.1, 0.15) is 13.2 Å². The molecule has 1 aliphatic rings. The van der Waals surface area contributed by atoms with Crippen molar-refractivity contribution in [2.24, 2.45) is 5.92 Å². The van der Waals surface area contributed by atoms with E-state index in [0.717, 1.165) is 18.4 Å². The van der Waals surface area contributed by atoms with E-state index in [1.54, 1.807) is 12.1 Å². The van der Waals surface area contributed by atoms with Crippen molar-refractivity contribution in [1.29, 1.82) is 0 Å². The minimum atomic E-state index is -0.504. The van der Waals surface area contributed by atoms with Crippen LogP contribution in [0.25, 0.3) is 0 Å². The van der Waals surface area contributed by atoms with E-state index in [4.69, 9.17) is 4.74 Å². The Balaban J connectivity index is 1.41. The van der Waals surface area contributed by atoms with Crippen molar-refractivity contribution in [3.8, 4) is 0 Å². The lowest BCUT2D eigenvalue weighted by atomic mass is 10.2. The molecule has 25 heavy (non-hydrogen) atoms. The topological polar surface area (TPSA) is 84.5 Å². The van der Waals surface area contributed by atoms with Crippen LogP contribution in [-0.4, -0.2) is 24.3 Å². The zero-order valence-corrected chi connectivity index (χ0v) is 14.3. The first kappa shape index (κ1) is 17.2. The molecule has 0 bridgehead atoms. The van der Waals surface area contributed by atoms with E-state index < -0.39 is 5.97 Å². The molecule has 6 nitrogen and oxygen atoms in total. The van der Waals surface area contributed by atoms with Crippen molar-refractivity contribution in [2.75, 3.05) is 11.9 Å². The maximum Gasteiger partial charge on any atom is 0.325 e. The molecule has 0 radical (unpaired) electrons. The number of hydrogen-bond acceptors (Lipinski definition) is 5. The third-order valence-corrected chi connectivity index (χ3v) is 4.66. The molecule has 1 aromatic heterocycles. The summed E-state index contributed by atoms with van der Waals surface area (Å²) in [4.78, 5) is 35.9. The quantitative estimate of drug-likeness (QED) is 0.745. The summed E-state index contributed by atoms with van der Waals surface area (Å²) in [7, 11) is 0. The van der Waals surface area contributed by atoms with Gasteiger partial charge in [0.2, 0.25) is 5.91 Å². The number of carbonyl (C=O) groups is 3. The molecule has 0 unspecified atom stereocenters. The molecule has 130 valence electrons. The van der Waals surface area contributed by atoms with E-state index in [-0.39, 0.29) is 30.9 Å². The lowest BCUT2D eigenvalue weighted by Crippen LogP contribution is -2.30. The van der Waals surface area contributed by atoms with Crippen LogP contribution in [0.15, 0.2) is 42.5 Å². The number of thiophene rings is 1. The first-order valence-electron chi connectivity index (χ1n) is 8.00. The molecule has 1 fully saturated rings. The first-order chi connectivity index (χ1) is 12.1. The normalized spacial score (nSPS) is 13.1. The van der Waals surface area contributed by atoms with E-state index in [1.807, 2.05) is 30.3 Å². The Morgan fingerprint density at radius 1 is 1.08 bits per heavy atom. The average Bonchev–Trinajstić information content (AvgIpc) is 3.38. The standard InChI is InChI=1S/C18H18N2O4S/c21-16(24-11-12-4-2-1-3-5-12)10-19-18(23)14-8-9-15(25-14)20-17(22)13-6-7-13/h1-5,8-9,13H,6-7,10-11H2,(H,19,23)(H,20,22). The summed E-state index contributed by atoms with van der Waals surface area (Å²) < 4.78 is 5.10. The molecule has 2 aromatic rings. The molecule has 1 aliphatic carbocycles. The van der Waals surface area contributed by atoms with Crippen molar-refractivity contribution >= 4 is 34.1 Å². The summed E-state index contributed by atoms with van der Waals surface area (Å²) in [5.74, 6) is -0.762. The highest BCUT2D eigenvalue weighted by Gasteiger charge is 2.29. The molecule has 2 amide bonds. The number of esters is 1. The van der Waals surface area contributed by atoms with Crippen LogP contribution in [0.5, 0.6) is 0 Å². The number of nitrogens with one attached hydrogen (secondary N) is 2. The third kappa shape index (κ3) is 5.15. The fraction of sp³-hybridized carbons (Fsp3) is 0.278. The van der Waals surface area contributed by atoms with Gasteiger partial charge in [-0.1, -0.05) is 30.3 Å². The first-order valence-corrected chi connectivity index (χ1v) is 8.82. The Kier molecular flexibility index (Phi) is 5.45. The number of carbonyl (C=O) groups excluding carboxylic acids is 3. The number of amides is 2. The van der Waals surface area contributed by atoms with Gasteiger partial charge in [-0.3, -0.25) is 14.4 Å². The van der Waals surface area contributed by atoms with E-state index in [9.17, 15) is 14.4 Å². The second kappa shape index (κ2) is 7.94. The summed E-state index contributed by atoms with van der Waals surface area (Å²) in [6, 6.07) is 12.6. The molecule has 7 heteroatoms. The zero-order chi connectivity index (χ0) is 17.6. The molecule has 0 saturated heterocycles. The lowest BCUT2D eigenvalue weighted by molar-refractivity contribution is -0.143. The summed E-state index contributed by atoms with van der Waals surface area (Å²) in [6.45, 7) is -0.0285. The van der Waals surface area contributed by atoms with E-state index in [0.29, 0.717) is 9.88 Å². The number of benzene rings is 1. The van der Waals surface area contributed by atoms with E-state index in [1.165, 1.54) is 11.3 Å². The smallest absolute Gasteiger partial charge is 0.325 e. The maximum atomic E-state index is 12.0. The van der Waals surface area contributed by atoms with Gasteiger partial charge in [0.25, 0.3) is 5.91 Å². The Morgan fingerprint density at radius 2 is 1.84 bits per heavy atom. The monoisotopic (exact) mass is 358 g/mol. The molecular formula is C18H18N2O4S. The van der Waals surface area contributed by atoms with Crippen LogP contribution in [0.1, 0.15) is 28.1 Å². The lowest BCUT2D eigenvalue weighted by Gasteiger charge is -2.06. The maximum absolute atomic E-state index is 12.0. The highest BCUT2D eigenvalue weighted by molar-refractivity contribution is 7.18. The van der Waals surface area contributed by atoms with Gasteiger partial charge >= 0.3 is 5.97 Å². The summed E-state index contributed by atoms with van der Waals surface area (Å²) >= 11 is 1.18. The predicted octanol–water partition coefficient (Wildman–Crippen LogP) is 2.57. The second-order valence-corrected chi connectivity index (χ2v) is 6.84. The minimum Gasteiger partial charge on any atom is -0.460 e. The summed E-state index contributed by atoms with van der Waals surface area (Å²) in [5, 5.41) is 5.94. The molecule has 1 saturated carbocycles.